The van der Waals surface area contributed by atoms with E-state index in [9.17, 15) is 24.3 Å². The van der Waals surface area contributed by atoms with E-state index >= 15 is 0 Å². The van der Waals surface area contributed by atoms with Crippen LogP contribution < -0.4 is 10.6 Å². The third kappa shape index (κ3) is 12.1. The van der Waals surface area contributed by atoms with Gasteiger partial charge in [0.1, 0.15) is 11.8 Å². The van der Waals surface area contributed by atoms with Gasteiger partial charge in [0.2, 0.25) is 11.8 Å². The molecule has 3 atom stereocenters. The summed E-state index contributed by atoms with van der Waals surface area (Å²) in [7, 11) is 0. The number of aliphatic hydroxyl groups is 1. The summed E-state index contributed by atoms with van der Waals surface area (Å²) >= 11 is 0. The van der Waals surface area contributed by atoms with Gasteiger partial charge in [-0.2, -0.15) is 0 Å². The van der Waals surface area contributed by atoms with E-state index in [0.29, 0.717) is 25.2 Å². The first-order valence-electron chi connectivity index (χ1n) is 10.3. The zero-order chi connectivity index (χ0) is 22.4. The molecule has 0 aliphatic carbocycles. The molecule has 0 aliphatic heterocycles. The third-order valence-corrected chi connectivity index (χ3v) is 4.76. The Hall–Kier alpha value is -2.20. The normalized spacial score (nSPS) is 13.8. The van der Waals surface area contributed by atoms with Crippen LogP contribution in [0.2, 0.25) is 0 Å². The standard InChI is InChI=1S/C22H36N2O5/c1-6-16(4)11-12-18(17(5)26)20(27)13-23-22(29)19(14-25)24-21(28)10-8-7-9-15(2)3/h1,15-16,18-19,25H,7-14H2,2-5H3,(H,23,29)(H,24,28)/t16?,18?,19-/m0/s1. The van der Waals surface area contributed by atoms with Gasteiger partial charge in [0.25, 0.3) is 0 Å². The van der Waals surface area contributed by atoms with Crippen LogP contribution in [0.3, 0.4) is 0 Å². The van der Waals surface area contributed by atoms with Gasteiger partial charge in [-0.3, -0.25) is 19.2 Å². The zero-order valence-electron chi connectivity index (χ0n) is 18.1. The van der Waals surface area contributed by atoms with E-state index in [1.54, 1.807) is 0 Å². The molecular weight excluding hydrogens is 372 g/mol. The highest BCUT2D eigenvalue weighted by molar-refractivity contribution is 6.03. The van der Waals surface area contributed by atoms with Crippen LogP contribution in [-0.4, -0.2) is 47.7 Å². The minimum Gasteiger partial charge on any atom is -0.394 e. The van der Waals surface area contributed by atoms with Crippen molar-refractivity contribution >= 4 is 23.4 Å². The van der Waals surface area contributed by atoms with Gasteiger partial charge < -0.3 is 15.7 Å². The van der Waals surface area contributed by atoms with Crippen molar-refractivity contribution in [1.82, 2.24) is 10.6 Å². The number of ketones is 2. The monoisotopic (exact) mass is 408 g/mol. The lowest BCUT2D eigenvalue weighted by Crippen LogP contribution is -2.50. The fourth-order valence-electron chi connectivity index (χ4n) is 2.81. The lowest BCUT2D eigenvalue weighted by molar-refractivity contribution is -0.134. The quantitative estimate of drug-likeness (QED) is 0.217. The average Bonchev–Trinajstić information content (AvgIpc) is 2.66. The van der Waals surface area contributed by atoms with E-state index in [1.807, 2.05) is 6.92 Å². The van der Waals surface area contributed by atoms with Gasteiger partial charge in [-0.15, -0.1) is 12.3 Å². The maximum absolute atomic E-state index is 12.3. The van der Waals surface area contributed by atoms with Crippen molar-refractivity contribution in [1.29, 1.82) is 0 Å². The highest BCUT2D eigenvalue weighted by Crippen LogP contribution is 2.14. The maximum Gasteiger partial charge on any atom is 0.245 e. The highest BCUT2D eigenvalue weighted by Gasteiger charge is 2.25. The summed E-state index contributed by atoms with van der Waals surface area (Å²) < 4.78 is 0. The molecular formula is C22H36N2O5. The van der Waals surface area contributed by atoms with Crippen LogP contribution in [0.25, 0.3) is 0 Å². The van der Waals surface area contributed by atoms with Crippen molar-refractivity contribution in [2.75, 3.05) is 13.2 Å². The van der Waals surface area contributed by atoms with Crippen molar-refractivity contribution < 1.29 is 24.3 Å². The molecule has 0 aromatic rings. The Bertz CT molecular complexity index is 595. The van der Waals surface area contributed by atoms with Crippen molar-refractivity contribution in [2.45, 2.75) is 72.3 Å². The van der Waals surface area contributed by atoms with Crippen LogP contribution in [0.15, 0.2) is 0 Å². The van der Waals surface area contributed by atoms with Crippen molar-refractivity contribution in [3.63, 3.8) is 0 Å². The van der Waals surface area contributed by atoms with E-state index in [1.165, 1.54) is 6.92 Å². The molecule has 0 saturated carbocycles. The van der Waals surface area contributed by atoms with Crippen molar-refractivity contribution in [3.05, 3.63) is 0 Å². The smallest absolute Gasteiger partial charge is 0.245 e. The molecule has 2 unspecified atom stereocenters. The molecule has 3 N–H and O–H groups in total. The van der Waals surface area contributed by atoms with E-state index in [2.05, 4.69) is 30.4 Å². The van der Waals surface area contributed by atoms with Crippen LogP contribution in [0.1, 0.15) is 66.2 Å². The second-order valence-corrected chi connectivity index (χ2v) is 7.93. The first kappa shape index (κ1) is 26.8. The summed E-state index contributed by atoms with van der Waals surface area (Å²) in [5.74, 6) is 0.586. The molecule has 0 spiro atoms. The second-order valence-electron chi connectivity index (χ2n) is 7.93. The summed E-state index contributed by atoms with van der Waals surface area (Å²) in [4.78, 5) is 48.2. The van der Waals surface area contributed by atoms with E-state index in [4.69, 9.17) is 6.42 Å². The molecule has 0 saturated heterocycles. The molecule has 0 heterocycles. The van der Waals surface area contributed by atoms with Gasteiger partial charge in [-0.05, 0) is 32.1 Å². The number of amides is 2. The number of hydrogen-bond donors (Lipinski definition) is 3. The first-order valence-corrected chi connectivity index (χ1v) is 10.3. The highest BCUT2D eigenvalue weighted by atomic mass is 16.3. The Labute approximate surface area is 174 Å². The summed E-state index contributed by atoms with van der Waals surface area (Å²) in [6.07, 6.45) is 9.09. The number of carbonyl (C=O) groups excluding carboxylic acids is 4. The SMILES string of the molecule is C#CC(C)CCC(C(C)=O)C(=O)CNC(=O)[C@H](CO)NC(=O)CCCCC(C)C. The number of aliphatic hydroxyl groups excluding tert-OH is 1. The second kappa shape index (κ2) is 14.7. The Balaban J connectivity index is 4.50. The summed E-state index contributed by atoms with van der Waals surface area (Å²) in [6.45, 7) is 6.48. The number of hydrogen-bond acceptors (Lipinski definition) is 5. The molecule has 7 heteroatoms. The number of nitrogens with one attached hydrogen (secondary N) is 2. The minimum absolute atomic E-state index is 0.0474. The molecule has 0 aromatic heterocycles. The summed E-state index contributed by atoms with van der Waals surface area (Å²) in [6, 6.07) is -1.13. The van der Waals surface area contributed by atoms with Gasteiger partial charge in [-0.1, -0.05) is 33.6 Å². The topological polar surface area (TPSA) is 113 Å². The summed E-state index contributed by atoms with van der Waals surface area (Å²) in [5.41, 5.74) is 0. The molecule has 0 aliphatic rings. The first-order chi connectivity index (χ1) is 13.6. The number of rotatable bonds is 15. The Morgan fingerprint density at radius 3 is 2.21 bits per heavy atom. The Kier molecular flexibility index (Phi) is 13.6. The fraction of sp³-hybridized carbons (Fsp3) is 0.727. The number of carbonyl (C=O) groups is 4. The molecule has 0 aromatic carbocycles. The van der Waals surface area contributed by atoms with Crippen molar-refractivity contribution in [3.8, 4) is 12.3 Å². The Morgan fingerprint density at radius 1 is 1.03 bits per heavy atom. The molecule has 0 rings (SSSR count). The number of Topliss-reactive ketones (excluding diaryl/α,β-unsaturated/α-hetero) is 2. The number of unbranched alkanes of at least 4 members (excludes halogenated alkanes) is 1. The van der Waals surface area contributed by atoms with Crippen LogP contribution in [0.5, 0.6) is 0 Å². The van der Waals surface area contributed by atoms with Gasteiger partial charge in [0, 0.05) is 12.3 Å². The average molecular weight is 409 g/mol. The lowest BCUT2D eigenvalue weighted by Gasteiger charge is -2.18. The molecule has 164 valence electrons. The molecule has 7 nitrogen and oxygen atoms in total. The van der Waals surface area contributed by atoms with Gasteiger partial charge in [0.05, 0.1) is 19.1 Å². The number of terminal acetylenes is 1. The molecule has 0 radical (unpaired) electrons. The van der Waals surface area contributed by atoms with Gasteiger partial charge in [-0.25, -0.2) is 0 Å². The third-order valence-electron chi connectivity index (χ3n) is 4.76. The lowest BCUT2D eigenvalue weighted by atomic mass is 9.91. The predicted octanol–water partition coefficient (Wildman–Crippen LogP) is 1.62. The minimum atomic E-state index is -1.13. The molecule has 29 heavy (non-hydrogen) atoms. The van der Waals surface area contributed by atoms with Crippen molar-refractivity contribution in [2.24, 2.45) is 17.8 Å². The van der Waals surface area contributed by atoms with Gasteiger partial charge in [0.15, 0.2) is 5.78 Å². The fourth-order valence-corrected chi connectivity index (χ4v) is 2.81. The van der Waals surface area contributed by atoms with Crippen LogP contribution in [0, 0.1) is 30.1 Å². The van der Waals surface area contributed by atoms with Gasteiger partial charge >= 0.3 is 0 Å². The molecule has 2 amide bonds. The maximum atomic E-state index is 12.3. The van der Waals surface area contributed by atoms with E-state index < -0.39 is 30.3 Å². The zero-order valence-corrected chi connectivity index (χ0v) is 18.1. The largest absolute Gasteiger partial charge is 0.394 e. The van der Waals surface area contributed by atoms with Crippen LogP contribution in [-0.2, 0) is 19.2 Å². The Morgan fingerprint density at radius 2 is 1.69 bits per heavy atom. The van der Waals surface area contributed by atoms with E-state index in [0.717, 1.165) is 12.8 Å². The summed E-state index contributed by atoms with van der Waals surface area (Å²) in [5, 5.41) is 14.3. The van der Waals surface area contributed by atoms with Crippen LogP contribution in [0.4, 0.5) is 0 Å². The van der Waals surface area contributed by atoms with Crippen LogP contribution >= 0.6 is 0 Å². The van der Waals surface area contributed by atoms with E-state index in [-0.39, 0.29) is 30.6 Å². The molecule has 0 bridgehead atoms. The predicted molar refractivity (Wildman–Crippen MR) is 112 cm³/mol. The molecule has 0 fully saturated rings.